The van der Waals surface area contributed by atoms with E-state index in [4.69, 9.17) is 4.74 Å². The van der Waals surface area contributed by atoms with Gasteiger partial charge in [-0.15, -0.1) is 0 Å². The number of amides is 2. The summed E-state index contributed by atoms with van der Waals surface area (Å²) in [6.07, 6.45) is 1.11. The minimum Gasteiger partial charge on any atom is -0.493 e. The van der Waals surface area contributed by atoms with Crippen LogP contribution < -0.4 is 10.1 Å². The van der Waals surface area contributed by atoms with Gasteiger partial charge in [0.15, 0.2) is 0 Å². The van der Waals surface area contributed by atoms with Crippen LogP contribution in [0, 0.1) is 0 Å². The van der Waals surface area contributed by atoms with E-state index in [0.717, 1.165) is 23.3 Å². The molecule has 0 aliphatic carbocycles. The van der Waals surface area contributed by atoms with Crippen LogP contribution in [0.1, 0.15) is 33.9 Å². The van der Waals surface area contributed by atoms with Crippen molar-refractivity contribution in [3.8, 4) is 5.75 Å². The van der Waals surface area contributed by atoms with Gasteiger partial charge in [-0.3, -0.25) is 9.59 Å². The van der Waals surface area contributed by atoms with Crippen molar-refractivity contribution >= 4 is 11.8 Å². The average Bonchev–Trinajstić information content (AvgIpc) is 3.03. The molecule has 2 aliphatic rings. The Labute approximate surface area is 146 Å². The first kappa shape index (κ1) is 15.7. The van der Waals surface area contributed by atoms with E-state index in [1.54, 1.807) is 0 Å². The molecule has 5 heteroatoms. The van der Waals surface area contributed by atoms with Crippen molar-refractivity contribution in [2.45, 2.75) is 18.9 Å². The lowest BCUT2D eigenvalue weighted by molar-refractivity contribution is -0.121. The first-order valence-corrected chi connectivity index (χ1v) is 8.61. The van der Waals surface area contributed by atoms with Crippen molar-refractivity contribution in [3.05, 3.63) is 65.2 Å². The van der Waals surface area contributed by atoms with Gasteiger partial charge in [0.2, 0.25) is 5.91 Å². The fraction of sp³-hybridized carbons (Fsp3) is 0.300. The number of nitrogens with one attached hydrogen (secondary N) is 1. The molecule has 0 spiro atoms. The van der Waals surface area contributed by atoms with Gasteiger partial charge in [0, 0.05) is 25.1 Å². The van der Waals surface area contributed by atoms with E-state index in [2.05, 4.69) is 5.32 Å². The van der Waals surface area contributed by atoms with E-state index in [9.17, 15) is 9.59 Å². The summed E-state index contributed by atoms with van der Waals surface area (Å²) in [5, 5.41) is 2.87. The zero-order valence-electron chi connectivity index (χ0n) is 13.9. The van der Waals surface area contributed by atoms with Crippen molar-refractivity contribution in [3.63, 3.8) is 0 Å². The Kier molecular flexibility index (Phi) is 4.14. The molecule has 1 fully saturated rings. The Morgan fingerprint density at radius 1 is 1.16 bits per heavy atom. The summed E-state index contributed by atoms with van der Waals surface area (Å²) in [7, 11) is 0. The van der Waals surface area contributed by atoms with Crippen LogP contribution in [0.25, 0.3) is 0 Å². The van der Waals surface area contributed by atoms with Gasteiger partial charge in [-0.1, -0.05) is 30.3 Å². The predicted molar refractivity (Wildman–Crippen MR) is 93.5 cm³/mol. The van der Waals surface area contributed by atoms with Crippen LogP contribution >= 0.6 is 0 Å². The second-order valence-corrected chi connectivity index (χ2v) is 6.40. The van der Waals surface area contributed by atoms with Crippen molar-refractivity contribution in [2.24, 2.45) is 0 Å². The van der Waals surface area contributed by atoms with Crippen LogP contribution in [0.3, 0.4) is 0 Å². The van der Waals surface area contributed by atoms with Gasteiger partial charge in [0.1, 0.15) is 5.75 Å². The van der Waals surface area contributed by atoms with Crippen LogP contribution in [0.5, 0.6) is 5.75 Å². The lowest BCUT2D eigenvalue weighted by Crippen LogP contribution is -2.36. The third kappa shape index (κ3) is 3.09. The number of ether oxygens (including phenoxy) is 1. The van der Waals surface area contributed by atoms with Gasteiger partial charge in [-0.05, 0) is 29.3 Å². The summed E-state index contributed by atoms with van der Waals surface area (Å²) in [5.74, 6) is 0.801. The summed E-state index contributed by atoms with van der Waals surface area (Å²) in [5.41, 5.74) is 2.71. The highest BCUT2D eigenvalue weighted by Gasteiger charge is 2.30. The molecule has 2 aliphatic heterocycles. The highest BCUT2D eigenvalue weighted by Crippen LogP contribution is 2.30. The Bertz CT molecular complexity index is 804. The topological polar surface area (TPSA) is 58.6 Å². The van der Waals surface area contributed by atoms with Gasteiger partial charge in [0.05, 0.1) is 19.1 Å². The Morgan fingerprint density at radius 3 is 2.84 bits per heavy atom. The zero-order chi connectivity index (χ0) is 17.2. The normalized spacial score (nSPS) is 19.6. The molecule has 0 bridgehead atoms. The van der Waals surface area contributed by atoms with Crippen LogP contribution in [-0.2, 0) is 11.2 Å². The van der Waals surface area contributed by atoms with Crippen LogP contribution in [-0.4, -0.2) is 36.4 Å². The monoisotopic (exact) mass is 336 g/mol. The highest BCUT2D eigenvalue weighted by molar-refractivity contribution is 5.95. The zero-order valence-corrected chi connectivity index (χ0v) is 13.9. The van der Waals surface area contributed by atoms with Gasteiger partial charge >= 0.3 is 0 Å². The van der Waals surface area contributed by atoms with Crippen molar-refractivity contribution in [1.29, 1.82) is 0 Å². The van der Waals surface area contributed by atoms with Gasteiger partial charge < -0.3 is 15.0 Å². The van der Waals surface area contributed by atoms with Crippen LogP contribution in [0.2, 0.25) is 0 Å². The Hall–Kier alpha value is -2.82. The quantitative estimate of drug-likeness (QED) is 0.916. The maximum absolute atomic E-state index is 13.2. The summed E-state index contributed by atoms with van der Waals surface area (Å²) < 4.78 is 5.52. The van der Waals surface area contributed by atoms with E-state index in [1.807, 2.05) is 53.4 Å². The summed E-state index contributed by atoms with van der Waals surface area (Å²) in [6.45, 7) is 1.64. The number of hydrogen-bond acceptors (Lipinski definition) is 3. The van der Waals surface area contributed by atoms with E-state index >= 15 is 0 Å². The van der Waals surface area contributed by atoms with Gasteiger partial charge in [0.25, 0.3) is 5.91 Å². The molecule has 1 saturated heterocycles. The molecule has 5 nitrogen and oxygen atoms in total. The Balaban J connectivity index is 1.67. The number of fused-ring (bicyclic) bond motifs is 1. The maximum atomic E-state index is 13.2. The minimum atomic E-state index is -0.249. The standard InChI is InChI=1S/C20H20N2O3/c23-19-13-17(14-4-2-1-3-5-14)22(10-9-21-19)20(24)16-6-7-18-15(12-16)8-11-25-18/h1-7,12,17H,8-11,13H2,(H,21,23). The third-order valence-corrected chi connectivity index (χ3v) is 4.81. The third-order valence-electron chi connectivity index (χ3n) is 4.81. The first-order chi connectivity index (χ1) is 12.2. The van der Waals surface area contributed by atoms with Crippen LogP contribution in [0.15, 0.2) is 48.5 Å². The lowest BCUT2D eigenvalue weighted by Gasteiger charge is -2.29. The number of hydrogen-bond donors (Lipinski definition) is 1. The van der Waals surface area contributed by atoms with E-state index < -0.39 is 0 Å². The van der Waals surface area contributed by atoms with Gasteiger partial charge in [-0.25, -0.2) is 0 Å². The fourth-order valence-electron chi connectivity index (χ4n) is 3.53. The fourth-order valence-corrected chi connectivity index (χ4v) is 3.53. The van der Waals surface area contributed by atoms with Crippen molar-refractivity contribution < 1.29 is 14.3 Å². The Morgan fingerprint density at radius 2 is 2.00 bits per heavy atom. The molecule has 2 heterocycles. The largest absolute Gasteiger partial charge is 0.493 e. The van der Waals surface area contributed by atoms with Crippen LogP contribution in [0.4, 0.5) is 0 Å². The first-order valence-electron chi connectivity index (χ1n) is 8.61. The van der Waals surface area contributed by atoms with Crippen molar-refractivity contribution in [2.75, 3.05) is 19.7 Å². The van der Waals surface area contributed by atoms with Gasteiger partial charge in [-0.2, -0.15) is 0 Å². The smallest absolute Gasteiger partial charge is 0.254 e. The molecule has 4 rings (SSSR count). The van der Waals surface area contributed by atoms with E-state index in [-0.39, 0.29) is 24.3 Å². The highest BCUT2D eigenvalue weighted by atomic mass is 16.5. The number of benzene rings is 2. The molecule has 0 aromatic heterocycles. The molecule has 25 heavy (non-hydrogen) atoms. The second kappa shape index (κ2) is 6.59. The molecule has 2 amide bonds. The predicted octanol–water partition coefficient (Wildman–Crippen LogP) is 2.32. The van der Waals surface area contributed by atoms with E-state index in [1.165, 1.54) is 0 Å². The summed E-state index contributed by atoms with van der Waals surface area (Å²) >= 11 is 0. The second-order valence-electron chi connectivity index (χ2n) is 6.40. The minimum absolute atomic E-state index is 0.0218. The summed E-state index contributed by atoms with van der Waals surface area (Å²) in [6, 6.07) is 15.1. The average molecular weight is 336 g/mol. The molecule has 0 radical (unpaired) electrons. The SMILES string of the molecule is O=C1CC(c2ccccc2)N(C(=O)c2ccc3c(c2)CCO3)CCN1. The number of carbonyl (C=O) groups is 2. The molecule has 128 valence electrons. The molecule has 0 saturated carbocycles. The van der Waals surface area contributed by atoms with E-state index in [0.29, 0.717) is 25.3 Å². The lowest BCUT2D eigenvalue weighted by atomic mass is 10.0. The molecule has 1 unspecified atom stereocenters. The number of rotatable bonds is 2. The molecular weight excluding hydrogens is 316 g/mol. The number of carbonyl (C=O) groups excluding carboxylic acids is 2. The van der Waals surface area contributed by atoms with Crippen molar-refractivity contribution in [1.82, 2.24) is 10.2 Å². The molecule has 1 atom stereocenters. The molecule has 2 aromatic rings. The molecular formula is C20H20N2O3. The maximum Gasteiger partial charge on any atom is 0.254 e. The number of nitrogens with zero attached hydrogens (tertiary/aromatic N) is 1. The molecule has 2 aromatic carbocycles. The summed E-state index contributed by atoms with van der Waals surface area (Å²) in [4.78, 5) is 27.1. The molecule has 1 N–H and O–H groups in total.